The van der Waals surface area contributed by atoms with Crippen LogP contribution in [0.3, 0.4) is 0 Å². The summed E-state index contributed by atoms with van der Waals surface area (Å²) in [6.07, 6.45) is 7.95. The molecule has 7 rings (SSSR count). The van der Waals surface area contributed by atoms with Crippen molar-refractivity contribution >= 4 is 16.6 Å². The van der Waals surface area contributed by atoms with Crippen LogP contribution in [0.1, 0.15) is 35.7 Å². The molecule has 6 heterocycles. The van der Waals surface area contributed by atoms with Crippen LogP contribution in [0.2, 0.25) is 0 Å². The van der Waals surface area contributed by atoms with Gasteiger partial charge in [-0.1, -0.05) is 0 Å². The second-order valence-corrected chi connectivity index (χ2v) is 7.74. The molecule has 0 N–H and O–H groups in total. The molecule has 3 aromatic heterocycles. The highest BCUT2D eigenvalue weighted by atomic mass is 19.1. The van der Waals surface area contributed by atoms with Gasteiger partial charge < -0.3 is 4.57 Å². The van der Waals surface area contributed by atoms with Crippen molar-refractivity contribution in [1.82, 2.24) is 23.8 Å². The zero-order valence-electron chi connectivity index (χ0n) is 15.0. The molecule has 0 atom stereocenters. The number of nitrogens with zero attached hydrogens (tertiary/aromatic N) is 5. The number of hydrogen-bond donors (Lipinski definition) is 0. The molecule has 1 aromatic carbocycles. The molecular weight excluding hydrogens is 341 g/mol. The zero-order valence-corrected chi connectivity index (χ0v) is 15.0. The summed E-state index contributed by atoms with van der Waals surface area (Å²) < 4.78 is 18.4. The first-order valence-corrected chi connectivity index (χ1v) is 9.57. The molecule has 1 saturated heterocycles. The van der Waals surface area contributed by atoms with Crippen molar-refractivity contribution in [2.75, 3.05) is 13.1 Å². The molecule has 1 fully saturated rings. The molecule has 3 aliphatic rings. The van der Waals surface area contributed by atoms with E-state index < -0.39 is 0 Å². The second kappa shape index (κ2) is 5.63. The Hall–Kier alpha value is -2.73. The first kappa shape index (κ1) is 15.3. The van der Waals surface area contributed by atoms with Crippen molar-refractivity contribution in [3.63, 3.8) is 0 Å². The Balaban J connectivity index is 1.56. The van der Waals surface area contributed by atoms with E-state index in [9.17, 15) is 4.39 Å². The lowest BCUT2D eigenvalue weighted by Crippen LogP contribution is -2.29. The van der Waals surface area contributed by atoms with Crippen LogP contribution in [0.25, 0.3) is 16.6 Å². The maximum Gasteiger partial charge on any atom is 0.139 e. The quantitative estimate of drug-likeness (QED) is 0.548. The van der Waals surface area contributed by atoms with Gasteiger partial charge in [-0.25, -0.2) is 14.4 Å². The van der Waals surface area contributed by atoms with E-state index in [1.54, 1.807) is 24.7 Å². The summed E-state index contributed by atoms with van der Waals surface area (Å²) in [6.45, 7) is 3.90. The van der Waals surface area contributed by atoms with E-state index in [1.165, 1.54) is 24.1 Å². The molecule has 5 nitrogen and oxygen atoms in total. The highest BCUT2D eigenvalue weighted by Gasteiger charge is 2.32. The minimum Gasteiger partial charge on any atom is -0.338 e. The predicted molar refractivity (Wildman–Crippen MR) is 101 cm³/mol. The summed E-state index contributed by atoms with van der Waals surface area (Å²) in [5.74, 6) is 0.390. The topological polar surface area (TPSA) is 38.4 Å². The third-order valence-corrected chi connectivity index (χ3v) is 6.16. The molecule has 27 heavy (non-hydrogen) atoms. The third kappa shape index (κ3) is 2.33. The monoisotopic (exact) mass is 361 g/mol. The summed E-state index contributed by atoms with van der Waals surface area (Å²) in [5.41, 5.74) is 5.73. The van der Waals surface area contributed by atoms with Crippen molar-refractivity contribution in [3.05, 3.63) is 65.8 Å². The van der Waals surface area contributed by atoms with Crippen LogP contribution in [0.4, 0.5) is 4.39 Å². The molecule has 0 unspecified atom stereocenters. The summed E-state index contributed by atoms with van der Waals surface area (Å²) in [6, 6.07) is 7.13. The van der Waals surface area contributed by atoms with Crippen LogP contribution >= 0.6 is 0 Å². The Morgan fingerprint density at radius 2 is 2.04 bits per heavy atom. The highest BCUT2D eigenvalue weighted by Crippen LogP contribution is 2.41. The molecule has 2 bridgehead atoms. The SMILES string of the molecule is Fc1ccc2c(c1)c1c(n2Cc2cn3cnccc3n2)C2CCN(CC2)C1. The van der Waals surface area contributed by atoms with Crippen molar-refractivity contribution in [2.45, 2.75) is 31.8 Å². The van der Waals surface area contributed by atoms with E-state index in [2.05, 4.69) is 14.5 Å². The van der Waals surface area contributed by atoms with Crippen LogP contribution in [-0.4, -0.2) is 36.9 Å². The zero-order chi connectivity index (χ0) is 18.0. The number of benzene rings is 1. The summed E-state index contributed by atoms with van der Waals surface area (Å²) in [5, 5.41) is 1.06. The lowest BCUT2D eigenvalue weighted by atomic mass is 9.94. The highest BCUT2D eigenvalue weighted by molar-refractivity contribution is 5.86. The molecule has 4 aromatic rings. The number of hydrogen-bond acceptors (Lipinski definition) is 3. The van der Waals surface area contributed by atoms with E-state index in [0.29, 0.717) is 12.5 Å². The molecule has 0 saturated carbocycles. The number of fused-ring (bicyclic) bond motifs is 4. The van der Waals surface area contributed by atoms with Crippen LogP contribution in [0, 0.1) is 5.82 Å². The van der Waals surface area contributed by atoms with Crippen molar-refractivity contribution < 1.29 is 4.39 Å². The van der Waals surface area contributed by atoms with Gasteiger partial charge in [0.1, 0.15) is 17.8 Å². The smallest absolute Gasteiger partial charge is 0.139 e. The number of rotatable bonds is 2. The van der Waals surface area contributed by atoms with Gasteiger partial charge >= 0.3 is 0 Å². The molecular formula is C21H20FN5. The summed E-state index contributed by atoms with van der Waals surface area (Å²) >= 11 is 0. The van der Waals surface area contributed by atoms with E-state index in [-0.39, 0.29) is 5.82 Å². The van der Waals surface area contributed by atoms with E-state index in [1.807, 2.05) is 22.7 Å². The van der Waals surface area contributed by atoms with Crippen molar-refractivity contribution in [1.29, 1.82) is 0 Å². The molecule has 0 aliphatic carbocycles. The average Bonchev–Trinajstić information content (AvgIpc) is 3.08. The largest absolute Gasteiger partial charge is 0.338 e. The van der Waals surface area contributed by atoms with Gasteiger partial charge in [0, 0.05) is 41.5 Å². The molecule has 6 heteroatoms. The lowest BCUT2D eigenvalue weighted by Gasteiger charge is -2.27. The number of aromatic nitrogens is 4. The summed E-state index contributed by atoms with van der Waals surface area (Å²) in [7, 11) is 0. The molecule has 3 aliphatic heterocycles. The first-order chi connectivity index (χ1) is 13.3. The Bertz CT molecular complexity index is 1130. The Morgan fingerprint density at radius 3 is 2.89 bits per heavy atom. The van der Waals surface area contributed by atoms with Crippen LogP contribution in [0.15, 0.2) is 43.0 Å². The molecule has 0 spiro atoms. The Labute approximate surface area is 156 Å². The van der Waals surface area contributed by atoms with Crippen molar-refractivity contribution in [3.8, 4) is 0 Å². The first-order valence-electron chi connectivity index (χ1n) is 9.57. The average molecular weight is 361 g/mol. The fraction of sp³-hybridized carbons (Fsp3) is 0.333. The molecule has 0 radical (unpaired) electrons. The fourth-order valence-electron chi connectivity index (χ4n) is 4.94. The van der Waals surface area contributed by atoms with Gasteiger partial charge in [0.15, 0.2) is 0 Å². The van der Waals surface area contributed by atoms with Gasteiger partial charge in [0.25, 0.3) is 0 Å². The standard InChI is InChI=1S/C21H20FN5/c22-15-1-2-19-17(9-15)18-12-25-7-4-14(5-8-25)21(18)27(19)11-16-10-26-13-23-6-3-20(26)24-16/h1-3,6,9-10,13-14H,4-5,7-8,11-12H2. The maximum atomic E-state index is 14.0. The predicted octanol–water partition coefficient (Wildman–Crippen LogP) is 3.56. The minimum atomic E-state index is -0.159. The normalized spacial score (nSPS) is 21.7. The second-order valence-electron chi connectivity index (χ2n) is 7.74. The van der Waals surface area contributed by atoms with Gasteiger partial charge in [0.2, 0.25) is 0 Å². The van der Waals surface area contributed by atoms with Crippen LogP contribution in [0.5, 0.6) is 0 Å². The fourth-order valence-corrected chi connectivity index (χ4v) is 4.94. The number of piperidine rings is 1. The van der Waals surface area contributed by atoms with E-state index in [4.69, 9.17) is 4.98 Å². The minimum absolute atomic E-state index is 0.159. The van der Waals surface area contributed by atoms with Gasteiger partial charge in [-0.2, -0.15) is 0 Å². The maximum absolute atomic E-state index is 14.0. The van der Waals surface area contributed by atoms with Gasteiger partial charge in [0.05, 0.1) is 12.2 Å². The van der Waals surface area contributed by atoms with Gasteiger partial charge in [-0.05, 0) is 55.8 Å². The van der Waals surface area contributed by atoms with E-state index >= 15 is 0 Å². The lowest BCUT2D eigenvalue weighted by molar-refractivity contribution is 0.219. The Kier molecular flexibility index (Phi) is 3.20. The number of imidazole rings is 1. The Morgan fingerprint density at radius 1 is 1.15 bits per heavy atom. The van der Waals surface area contributed by atoms with E-state index in [0.717, 1.165) is 41.9 Å². The van der Waals surface area contributed by atoms with Gasteiger partial charge in [-0.15, -0.1) is 0 Å². The third-order valence-electron chi connectivity index (χ3n) is 6.16. The van der Waals surface area contributed by atoms with Crippen molar-refractivity contribution in [2.24, 2.45) is 0 Å². The van der Waals surface area contributed by atoms with Crippen LogP contribution < -0.4 is 0 Å². The molecule has 0 amide bonds. The summed E-state index contributed by atoms with van der Waals surface area (Å²) in [4.78, 5) is 11.4. The van der Waals surface area contributed by atoms with Crippen LogP contribution in [-0.2, 0) is 13.1 Å². The van der Waals surface area contributed by atoms with Gasteiger partial charge in [-0.3, -0.25) is 9.30 Å². The number of halogens is 1. The molecule has 136 valence electrons.